The molecule has 4 rings (SSSR count). The minimum atomic E-state index is -0.508. The molecule has 146 valence electrons. The SMILES string of the molecule is CC(C)(C)OC(=O)N1CCc2nc3ccnn3c(N3CCC3CO)c2CC1. The number of hydrogen-bond donors (Lipinski definition) is 1. The molecule has 4 heterocycles. The molecule has 0 aromatic carbocycles. The highest BCUT2D eigenvalue weighted by Crippen LogP contribution is 2.33. The summed E-state index contributed by atoms with van der Waals surface area (Å²) in [6.45, 7) is 7.83. The van der Waals surface area contributed by atoms with Gasteiger partial charge in [0.25, 0.3) is 0 Å². The molecule has 0 saturated carbocycles. The topological polar surface area (TPSA) is 83.2 Å². The molecule has 0 radical (unpaired) electrons. The van der Waals surface area contributed by atoms with Gasteiger partial charge in [0.05, 0.1) is 24.5 Å². The second-order valence-electron chi connectivity index (χ2n) is 8.25. The maximum absolute atomic E-state index is 12.5. The van der Waals surface area contributed by atoms with Crippen molar-refractivity contribution in [3.05, 3.63) is 23.5 Å². The third-order valence-electron chi connectivity index (χ3n) is 5.22. The molecule has 0 spiro atoms. The van der Waals surface area contributed by atoms with Crippen molar-refractivity contribution in [2.24, 2.45) is 0 Å². The number of amides is 1. The van der Waals surface area contributed by atoms with Crippen LogP contribution in [0.4, 0.5) is 10.6 Å². The molecule has 2 aromatic heterocycles. The summed E-state index contributed by atoms with van der Waals surface area (Å²) in [7, 11) is 0. The summed E-state index contributed by atoms with van der Waals surface area (Å²) in [6, 6.07) is 2.02. The van der Waals surface area contributed by atoms with Crippen LogP contribution in [-0.2, 0) is 17.6 Å². The molecule has 1 N–H and O–H groups in total. The van der Waals surface area contributed by atoms with E-state index in [2.05, 4.69) is 10.00 Å². The number of fused-ring (bicyclic) bond motifs is 2. The van der Waals surface area contributed by atoms with Crippen LogP contribution < -0.4 is 4.90 Å². The smallest absolute Gasteiger partial charge is 0.410 e. The average molecular weight is 373 g/mol. The normalized spacial score (nSPS) is 20.2. The Morgan fingerprint density at radius 2 is 2.07 bits per heavy atom. The van der Waals surface area contributed by atoms with Gasteiger partial charge in [-0.3, -0.25) is 0 Å². The van der Waals surface area contributed by atoms with Crippen molar-refractivity contribution in [3.63, 3.8) is 0 Å². The Bertz CT molecular complexity index is 855. The molecule has 1 unspecified atom stereocenters. The highest BCUT2D eigenvalue weighted by atomic mass is 16.6. The molecule has 0 bridgehead atoms. The zero-order valence-corrected chi connectivity index (χ0v) is 16.2. The third-order valence-corrected chi connectivity index (χ3v) is 5.22. The predicted octanol–water partition coefficient (Wildman–Crippen LogP) is 1.64. The van der Waals surface area contributed by atoms with E-state index in [9.17, 15) is 9.90 Å². The van der Waals surface area contributed by atoms with E-state index in [-0.39, 0.29) is 18.7 Å². The van der Waals surface area contributed by atoms with Crippen LogP contribution in [0.2, 0.25) is 0 Å². The summed E-state index contributed by atoms with van der Waals surface area (Å²) in [5, 5.41) is 14.1. The molecule has 1 amide bonds. The lowest BCUT2D eigenvalue weighted by atomic mass is 10.0. The van der Waals surface area contributed by atoms with Gasteiger partial charge >= 0.3 is 6.09 Å². The fourth-order valence-corrected chi connectivity index (χ4v) is 3.78. The number of hydrogen-bond acceptors (Lipinski definition) is 6. The van der Waals surface area contributed by atoms with E-state index in [1.807, 2.05) is 31.4 Å². The molecule has 27 heavy (non-hydrogen) atoms. The number of aliphatic hydroxyl groups is 1. The first-order valence-corrected chi connectivity index (χ1v) is 9.58. The van der Waals surface area contributed by atoms with Gasteiger partial charge in [0.1, 0.15) is 11.4 Å². The molecule has 1 atom stereocenters. The average Bonchev–Trinajstić information content (AvgIpc) is 2.91. The van der Waals surface area contributed by atoms with Crippen LogP contribution in [0.15, 0.2) is 12.3 Å². The van der Waals surface area contributed by atoms with Crippen molar-refractivity contribution < 1.29 is 14.6 Å². The highest BCUT2D eigenvalue weighted by Gasteiger charge is 2.34. The van der Waals surface area contributed by atoms with E-state index < -0.39 is 5.60 Å². The lowest BCUT2D eigenvalue weighted by Crippen LogP contribution is -2.51. The zero-order valence-electron chi connectivity index (χ0n) is 16.2. The van der Waals surface area contributed by atoms with E-state index in [1.165, 1.54) is 0 Å². The van der Waals surface area contributed by atoms with E-state index in [1.54, 1.807) is 11.1 Å². The summed E-state index contributed by atoms with van der Waals surface area (Å²) in [4.78, 5) is 21.3. The molecule has 2 aromatic rings. The van der Waals surface area contributed by atoms with Gasteiger partial charge in [-0.15, -0.1) is 0 Å². The Morgan fingerprint density at radius 3 is 2.74 bits per heavy atom. The van der Waals surface area contributed by atoms with E-state index in [0.29, 0.717) is 25.9 Å². The van der Waals surface area contributed by atoms with Crippen molar-refractivity contribution in [2.45, 2.75) is 51.7 Å². The number of nitrogens with zero attached hydrogens (tertiary/aromatic N) is 5. The highest BCUT2D eigenvalue weighted by molar-refractivity contribution is 5.69. The number of aromatic nitrogens is 3. The Kier molecular flexibility index (Phi) is 4.46. The monoisotopic (exact) mass is 373 g/mol. The Hall–Kier alpha value is -2.35. The van der Waals surface area contributed by atoms with Crippen LogP contribution in [-0.4, -0.2) is 68.6 Å². The van der Waals surface area contributed by atoms with Crippen LogP contribution in [0, 0.1) is 0 Å². The summed E-state index contributed by atoms with van der Waals surface area (Å²) in [5.41, 5.74) is 2.42. The van der Waals surface area contributed by atoms with Crippen molar-refractivity contribution >= 4 is 17.6 Å². The second-order valence-corrected chi connectivity index (χ2v) is 8.25. The maximum atomic E-state index is 12.5. The van der Waals surface area contributed by atoms with Gasteiger partial charge in [-0.05, 0) is 33.6 Å². The van der Waals surface area contributed by atoms with Crippen molar-refractivity contribution in [1.82, 2.24) is 19.5 Å². The minimum absolute atomic E-state index is 0.120. The van der Waals surface area contributed by atoms with Gasteiger partial charge in [0.2, 0.25) is 0 Å². The quantitative estimate of drug-likeness (QED) is 0.862. The maximum Gasteiger partial charge on any atom is 0.410 e. The fourth-order valence-electron chi connectivity index (χ4n) is 3.78. The van der Waals surface area contributed by atoms with Crippen molar-refractivity contribution in [2.75, 3.05) is 31.1 Å². The van der Waals surface area contributed by atoms with Crippen molar-refractivity contribution in [1.29, 1.82) is 0 Å². The van der Waals surface area contributed by atoms with Gasteiger partial charge in [0.15, 0.2) is 5.65 Å². The Morgan fingerprint density at radius 1 is 1.30 bits per heavy atom. The zero-order chi connectivity index (χ0) is 19.2. The lowest BCUT2D eigenvalue weighted by Gasteiger charge is -2.42. The molecule has 8 heteroatoms. The molecule has 2 aliphatic heterocycles. The van der Waals surface area contributed by atoms with Crippen LogP contribution in [0.3, 0.4) is 0 Å². The summed E-state index contributed by atoms with van der Waals surface area (Å²) in [5.74, 6) is 1.01. The predicted molar refractivity (Wildman–Crippen MR) is 101 cm³/mol. The van der Waals surface area contributed by atoms with Gasteiger partial charge in [-0.2, -0.15) is 9.61 Å². The largest absolute Gasteiger partial charge is 0.444 e. The number of carbonyl (C=O) groups excluding carboxylic acids is 1. The third kappa shape index (κ3) is 3.34. The number of aliphatic hydroxyl groups excluding tert-OH is 1. The first-order chi connectivity index (χ1) is 12.9. The molecule has 2 aliphatic rings. The first-order valence-electron chi connectivity index (χ1n) is 9.58. The fraction of sp³-hybridized carbons (Fsp3) is 0.632. The molecule has 1 saturated heterocycles. The standard InChI is InChI=1S/C19H27N5O3/c1-19(2,3)27-18(26)22-9-6-14-15(7-10-22)21-16-4-8-20-24(16)17(14)23-11-5-13(23)12-25/h4,8,13,25H,5-7,9-12H2,1-3H3. The van der Waals surface area contributed by atoms with E-state index in [0.717, 1.165) is 35.7 Å². The number of ether oxygens (including phenoxy) is 1. The van der Waals surface area contributed by atoms with Crippen LogP contribution in [0.5, 0.6) is 0 Å². The molecule has 8 nitrogen and oxygen atoms in total. The lowest BCUT2D eigenvalue weighted by molar-refractivity contribution is 0.0258. The first kappa shape index (κ1) is 18.0. The Balaban J connectivity index is 1.66. The summed E-state index contributed by atoms with van der Waals surface area (Å²) < 4.78 is 7.41. The van der Waals surface area contributed by atoms with Crippen LogP contribution in [0.25, 0.3) is 5.65 Å². The number of rotatable bonds is 2. The number of carbonyl (C=O) groups is 1. The van der Waals surface area contributed by atoms with Crippen LogP contribution >= 0.6 is 0 Å². The second kappa shape index (κ2) is 6.67. The van der Waals surface area contributed by atoms with E-state index >= 15 is 0 Å². The summed E-state index contributed by atoms with van der Waals surface area (Å²) in [6.07, 6.45) is 3.83. The van der Waals surface area contributed by atoms with Crippen molar-refractivity contribution in [3.8, 4) is 0 Å². The molecule has 0 aliphatic carbocycles. The van der Waals surface area contributed by atoms with E-state index in [4.69, 9.17) is 9.72 Å². The molecular weight excluding hydrogens is 346 g/mol. The van der Waals surface area contributed by atoms with Gasteiger partial charge < -0.3 is 19.6 Å². The van der Waals surface area contributed by atoms with Gasteiger partial charge in [0, 0.05) is 37.7 Å². The minimum Gasteiger partial charge on any atom is -0.444 e. The van der Waals surface area contributed by atoms with Crippen LogP contribution in [0.1, 0.15) is 38.4 Å². The number of anilines is 1. The van der Waals surface area contributed by atoms with Gasteiger partial charge in [-0.25, -0.2) is 9.78 Å². The summed E-state index contributed by atoms with van der Waals surface area (Å²) >= 11 is 0. The van der Waals surface area contributed by atoms with Gasteiger partial charge in [-0.1, -0.05) is 0 Å². The Labute approximate surface area is 158 Å². The molecular formula is C19H27N5O3. The molecule has 1 fully saturated rings.